The molecular formula is C8H17N5O2. The fourth-order valence-corrected chi connectivity index (χ4v) is 0.690. The van der Waals surface area contributed by atoms with E-state index in [-0.39, 0.29) is 12.6 Å². The van der Waals surface area contributed by atoms with E-state index >= 15 is 0 Å². The van der Waals surface area contributed by atoms with E-state index in [2.05, 4.69) is 20.9 Å². The minimum absolute atomic E-state index is 0.145. The van der Waals surface area contributed by atoms with Gasteiger partial charge in [0.15, 0.2) is 0 Å². The number of amides is 1. The second-order valence-corrected chi connectivity index (χ2v) is 4.09. The van der Waals surface area contributed by atoms with Gasteiger partial charge in [-0.25, -0.2) is 10.2 Å². The molecule has 7 nitrogen and oxygen atoms in total. The highest BCUT2D eigenvalue weighted by atomic mass is 16.6. The highest BCUT2D eigenvalue weighted by molar-refractivity contribution is 5.66. The monoisotopic (exact) mass is 215 g/mol. The van der Waals surface area contributed by atoms with Crippen LogP contribution in [0.4, 0.5) is 4.79 Å². The van der Waals surface area contributed by atoms with Gasteiger partial charge in [-0.15, -0.1) is 0 Å². The maximum Gasteiger partial charge on any atom is 0.422 e. The second kappa shape index (κ2) is 6.10. The summed E-state index contributed by atoms with van der Waals surface area (Å²) in [5, 5.41) is 3.35. The predicted octanol–water partition coefficient (Wildman–Crippen LogP) is 1.71. The number of rotatable bonds is 4. The molecule has 15 heavy (non-hydrogen) atoms. The summed E-state index contributed by atoms with van der Waals surface area (Å²) in [4.78, 5) is 13.7. The van der Waals surface area contributed by atoms with Crippen molar-refractivity contribution in [2.75, 3.05) is 6.54 Å². The summed E-state index contributed by atoms with van der Waals surface area (Å²) in [6.45, 7) is 7.35. The molecule has 0 heterocycles. The molecule has 2 N–H and O–H groups in total. The number of nitrogens with zero attached hydrogens (tertiary/aromatic N) is 3. The number of carbonyl (C=O) groups excluding carboxylic acids is 1. The molecule has 0 aliphatic carbocycles. The van der Waals surface area contributed by atoms with Crippen molar-refractivity contribution >= 4 is 6.09 Å². The van der Waals surface area contributed by atoms with Crippen molar-refractivity contribution in [3.05, 3.63) is 10.4 Å². The van der Waals surface area contributed by atoms with Gasteiger partial charge in [-0.3, -0.25) is 5.43 Å². The van der Waals surface area contributed by atoms with Gasteiger partial charge in [0, 0.05) is 17.5 Å². The smallest absolute Gasteiger partial charge is 0.422 e. The Morgan fingerprint density at radius 1 is 1.60 bits per heavy atom. The zero-order valence-corrected chi connectivity index (χ0v) is 9.44. The third kappa shape index (κ3) is 8.86. The van der Waals surface area contributed by atoms with Crippen molar-refractivity contribution in [1.82, 2.24) is 10.9 Å². The molecule has 0 rings (SSSR count). The molecule has 0 radical (unpaired) electrons. The number of carbonyl (C=O) groups is 1. The molecule has 0 aliphatic heterocycles. The maximum absolute atomic E-state index is 11.1. The summed E-state index contributed by atoms with van der Waals surface area (Å²) >= 11 is 0. The highest BCUT2D eigenvalue weighted by Gasteiger charge is 2.15. The van der Waals surface area contributed by atoms with Gasteiger partial charge in [-0.2, -0.15) is 0 Å². The Bertz CT molecular complexity index is 254. The Kier molecular flexibility index (Phi) is 5.51. The second-order valence-electron chi connectivity index (χ2n) is 4.09. The first kappa shape index (κ1) is 13.5. The molecular weight excluding hydrogens is 198 g/mol. The lowest BCUT2D eigenvalue weighted by molar-refractivity contribution is 0.0490. The van der Waals surface area contributed by atoms with Crippen LogP contribution in [-0.2, 0) is 4.74 Å². The predicted molar refractivity (Wildman–Crippen MR) is 56.0 cm³/mol. The fourth-order valence-electron chi connectivity index (χ4n) is 0.690. The van der Waals surface area contributed by atoms with Crippen LogP contribution in [0.3, 0.4) is 0 Å². The Hall–Kier alpha value is -1.46. The Balaban J connectivity index is 3.76. The molecule has 0 aliphatic rings. The third-order valence-corrected chi connectivity index (χ3v) is 1.24. The fraction of sp³-hybridized carbons (Fsp3) is 0.875. The van der Waals surface area contributed by atoms with Crippen LogP contribution in [-0.4, -0.2) is 24.3 Å². The summed E-state index contributed by atoms with van der Waals surface area (Å²) < 4.78 is 4.98. The molecule has 0 spiro atoms. The SMILES string of the molecule is C[C@@H](CN=[N+]=[N-])NNC(=O)OC(C)(C)C. The molecule has 0 fully saturated rings. The molecule has 0 aromatic heterocycles. The van der Waals surface area contributed by atoms with Crippen molar-refractivity contribution in [1.29, 1.82) is 0 Å². The lowest BCUT2D eigenvalue weighted by Crippen LogP contribution is -2.46. The van der Waals surface area contributed by atoms with E-state index in [9.17, 15) is 4.79 Å². The van der Waals surface area contributed by atoms with Gasteiger partial charge < -0.3 is 4.74 Å². The standard InChI is InChI=1S/C8H17N5O2/c1-6(5-10-13-9)11-12-7(14)15-8(2,3)4/h6,11H,5H2,1-4H3,(H,12,14)/t6-/m0/s1. The molecule has 0 saturated carbocycles. The van der Waals surface area contributed by atoms with Crippen LogP contribution in [0.5, 0.6) is 0 Å². The summed E-state index contributed by atoms with van der Waals surface area (Å²) in [7, 11) is 0. The number of hydrazine groups is 1. The summed E-state index contributed by atoms with van der Waals surface area (Å²) in [6.07, 6.45) is -0.560. The van der Waals surface area contributed by atoms with E-state index < -0.39 is 11.7 Å². The average molecular weight is 215 g/mol. The van der Waals surface area contributed by atoms with Gasteiger partial charge in [0.05, 0.1) is 0 Å². The minimum atomic E-state index is -0.560. The quantitative estimate of drug-likeness (QED) is 0.323. The Morgan fingerprint density at radius 3 is 2.67 bits per heavy atom. The van der Waals surface area contributed by atoms with Crippen molar-refractivity contribution in [2.45, 2.75) is 39.3 Å². The van der Waals surface area contributed by atoms with Crippen LogP contribution >= 0.6 is 0 Å². The molecule has 86 valence electrons. The summed E-state index contributed by atoms with van der Waals surface area (Å²) in [5.41, 5.74) is 12.5. The zero-order chi connectivity index (χ0) is 11.9. The third-order valence-electron chi connectivity index (χ3n) is 1.24. The number of ether oxygens (including phenoxy) is 1. The van der Waals surface area contributed by atoms with Gasteiger partial charge in [-0.1, -0.05) is 5.11 Å². The van der Waals surface area contributed by atoms with Crippen LogP contribution in [0.15, 0.2) is 5.11 Å². The van der Waals surface area contributed by atoms with Gasteiger partial charge in [0.25, 0.3) is 0 Å². The van der Waals surface area contributed by atoms with Crippen molar-refractivity contribution in [2.24, 2.45) is 5.11 Å². The van der Waals surface area contributed by atoms with Gasteiger partial charge in [0.2, 0.25) is 0 Å². The average Bonchev–Trinajstić information content (AvgIpc) is 2.08. The van der Waals surface area contributed by atoms with E-state index in [1.54, 1.807) is 27.7 Å². The van der Waals surface area contributed by atoms with Gasteiger partial charge in [-0.05, 0) is 33.2 Å². The van der Waals surface area contributed by atoms with Crippen molar-refractivity contribution in [3.63, 3.8) is 0 Å². The Labute approximate surface area is 88.8 Å². The van der Waals surface area contributed by atoms with Gasteiger partial charge in [0.1, 0.15) is 5.60 Å². The van der Waals surface area contributed by atoms with E-state index in [0.717, 1.165) is 0 Å². The number of nitrogens with one attached hydrogen (secondary N) is 2. The molecule has 0 aromatic rings. The molecule has 7 heteroatoms. The molecule has 0 unspecified atom stereocenters. The lowest BCUT2D eigenvalue weighted by Gasteiger charge is -2.20. The minimum Gasteiger partial charge on any atom is -0.443 e. The highest BCUT2D eigenvalue weighted by Crippen LogP contribution is 2.05. The van der Waals surface area contributed by atoms with E-state index in [0.29, 0.717) is 0 Å². The van der Waals surface area contributed by atoms with Crippen LogP contribution in [0.1, 0.15) is 27.7 Å². The summed E-state index contributed by atoms with van der Waals surface area (Å²) in [5.74, 6) is 0. The topological polar surface area (TPSA) is 99.1 Å². The largest absolute Gasteiger partial charge is 0.443 e. The molecule has 1 amide bonds. The normalized spacial score (nSPS) is 12.5. The number of hydrogen-bond donors (Lipinski definition) is 2. The number of hydrogen-bond acceptors (Lipinski definition) is 4. The molecule has 0 aromatic carbocycles. The van der Waals surface area contributed by atoms with Crippen molar-refractivity contribution < 1.29 is 9.53 Å². The number of azide groups is 1. The molecule has 0 saturated heterocycles. The van der Waals surface area contributed by atoms with Crippen LogP contribution in [0.25, 0.3) is 10.4 Å². The van der Waals surface area contributed by atoms with E-state index in [1.807, 2.05) is 0 Å². The zero-order valence-electron chi connectivity index (χ0n) is 9.44. The van der Waals surface area contributed by atoms with E-state index in [4.69, 9.17) is 10.3 Å². The van der Waals surface area contributed by atoms with Crippen LogP contribution in [0.2, 0.25) is 0 Å². The summed E-state index contributed by atoms with van der Waals surface area (Å²) in [6, 6.07) is -0.145. The Morgan fingerprint density at radius 2 is 2.20 bits per heavy atom. The van der Waals surface area contributed by atoms with Crippen LogP contribution < -0.4 is 10.9 Å². The first-order chi connectivity index (χ1) is 6.85. The van der Waals surface area contributed by atoms with Crippen LogP contribution in [0, 0.1) is 0 Å². The van der Waals surface area contributed by atoms with E-state index in [1.165, 1.54) is 0 Å². The molecule has 1 atom stereocenters. The molecule has 0 bridgehead atoms. The first-order valence-corrected chi connectivity index (χ1v) is 4.60. The maximum atomic E-state index is 11.1. The van der Waals surface area contributed by atoms with Crippen molar-refractivity contribution in [3.8, 4) is 0 Å². The van der Waals surface area contributed by atoms with Gasteiger partial charge >= 0.3 is 6.09 Å². The first-order valence-electron chi connectivity index (χ1n) is 4.60. The lowest BCUT2D eigenvalue weighted by atomic mass is 10.2.